The molecule has 0 atom stereocenters. The maximum atomic E-state index is 11.0. The second-order valence-electron chi connectivity index (χ2n) is 3.34. The molecule has 1 aliphatic rings. The van der Waals surface area contributed by atoms with E-state index in [2.05, 4.69) is 0 Å². The lowest BCUT2D eigenvalue weighted by atomic mass is 9.89. The third-order valence-corrected chi connectivity index (χ3v) is 2.57. The molecule has 12 heavy (non-hydrogen) atoms. The summed E-state index contributed by atoms with van der Waals surface area (Å²) in [5, 5.41) is 9.06. The topological polar surface area (TPSA) is 49.8 Å². The molecule has 1 saturated heterocycles. The molecule has 0 radical (unpaired) electrons. The number of rotatable bonds is 2. The molecule has 0 saturated carbocycles. The fraction of sp³-hybridized carbons (Fsp3) is 0.875. The third kappa shape index (κ3) is 1.44. The van der Waals surface area contributed by atoms with Crippen LogP contribution in [0.15, 0.2) is 0 Å². The quantitative estimate of drug-likeness (QED) is 0.647. The van der Waals surface area contributed by atoms with Crippen molar-refractivity contribution in [2.75, 3.05) is 27.3 Å². The van der Waals surface area contributed by atoms with Gasteiger partial charge in [-0.25, -0.2) is 0 Å². The lowest BCUT2D eigenvalue weighted by molar-refractivity contribution is -0.156. The van der Waals surface area contributed by atoms with Gasteiger partial charge >= 0.3 is 5.97 Å². The molecule has 70 valence electrons. The van der Waals surface area contributed by atoms with Gasteiger partial charge in [-0.3, -0.25) is 9.69 Å². The third-order valence-electron chi connectivity index (χ3n) is 2.57. The zero-order valence-electron chi connectivity index (χ0n) is 7.54. The van der Waals surface area contributed by atoms with Gasteiger partial charge in [0.05, 0.1) is 0 Å². The number of hydrogen-bond donors (Lipinski definition) is 1. The van der Waals surface area contributed by atoms with Crippen LogP contribution < -0.4 is 0 Å². The van der Waals surface area contributed by atoms with Crippen molar-refractivity contribution in [2.24, 2.45) is 0 Å². The van der Waals surface area contributed by atoms with E-state index in [0.717, 1.165) is 0 Å². The van der Waals surface area contributed by atoms with Gasteiger partial charge in [-0.2, -0.15) is 0 Å². The van der Waals surface area contributed by atoms with Crippen LogP contribution in [0.3, 0.4) is 0 Å². The van der Waals surface area contributed by atoms with Crippen molar-refractivity contribution in [3.63, 3.8) is 0 Å². The fourth-order valence-corrected chi connectivity index (χ4v) is 1.56. The maximum Gasteiger partial charge on any atom is 0.324 e. The molecule has 0 amide bonds. The van der Waals surface area contributed by atoms with Crippen LogP contribution in [0.4, 0.5) is 0 Å². The number of carboxylic acid groups (broad SMARTS) is 1. The first-order valence-corrected chi connectivity index (χ1v) is 4.08. The van der Waals surface area contributed by atoms with Gasteiger partial charge in [-0.05, 0) is 26.9 Å². The van der Waals surface area contributed by atoms with Gasteiger partial charge in [0.2, 0.25) is 0 Å². The van der Waals surface area contributed by atoms with Crippen molar-refractivity contribution in [2.45, 2.75) is 18.4 Å². The Morgan fingerprint density at radius 1 is 1.42 bits per heavy atom. The Bertz CT molecular complexity index is 173. The highest BCUT2D eigenvalue weighted by Gasteiger charge is 2.42. The second kappa shape index (κ2) is 3.41. The molecule has 0 aromatic rings. The van der Waals surface area contributed by atoms with Crippen molar-refractivity contribution in [1.82, 2.24) is 4.90 Å². The van der Waals surface area contributed by atoms with Gasteiger partial charge in [0.1, 0.15) is 5.54 Å². The van der Waals surface area contributed by atoms with Gasteiger partial charge in [0.25, 0.3) is 0 Å². The molecule has 0 aliphatic carbocycles. The molecule has 1 rings (SSSR count). The minimum absolute atomic E-state index is 0.546. The van der Waals surface area contributed by atoms with Crippen LogP contribution in [0.1, 0.15) is 12.8 Å². The molecule has 0 aromatic heterocycles. The lowest BCUT2D eigenvalue weighted by Gasteiger charge is -2.38. The number of ether oxygens (including phenoxy) is 1. The number of hydrogen-bond acceptors (Lipinski definition) is 3. The van der Waals surface area contributed by atoms with Gasteiger partial charge in [-0.15, -0.1) is 0 Å². The van der Waals surface area contributed by atoms with Crippen LogP contribution in [-0.2, 0) is 9.53 Å². The minimum atomic E-state index is -0.740. The highest BCUT2D eigenvalue weighted by atomic mass is 16.5. The van der Waals surface area contributed by atoms with E-state index in [1.165, 1.54) is 0 Å². The van der Waals surface area contributed by atoms with Crippen LogP contribution in [0.5, 0.6) is 0 Å². The Hall–Kier alpha value is -0.610. The zero-order chi connectivity index (χ0) is 9.19. The smallest absolute Gasteiger partial charge is 0.324 e. The average molecular weight is 173 g/mol. The SMILES string of the molecule is CN(C)C1(C(=O)O)CCOCC1. The largest absolute Gasteiger partial charge is 0.480 e. The van der Waals surface area contributed by atoms with Crippen LogP contribution in [0, 0.1) is 0 Å². The molecule has 4 heteroatoms. The van der Waals surface area contributed by atoms with Crippen molar-refractivity contribution in [1.29, 1.82) is 0 Å². The Balaban J connectivity index is 2.77. The number of likely N-dealkylation sites (N-methyl/N-ethyl adjacent to an activating group) is 1. The Morgan fingerprint density at radius 2 is 1.92 bits per heavy atom. The standard InChI is InChI=1S/C8H15NO3/c1-9(2)8(7(10)11)3-5-12-6-4-8/h3-6H2,1-2H3,(H,10,11). The predicted octanol–water partition coefficient (Wildman–Crippen LogP) is 0.182. The maximum absolute atomic E-state index is 11.0. The minimum Gasteiger partial charge on any atom is -0.480 e. The summed E-state index contributed by atoms with van der Waals surface area (Å²) in [7, 11) is 3.61. The van der Waals surface area contributed by atoms with Crippen molar-refractivity contribution < 1.29 is 14.6 Å². The number of nitrogens with zero attached hydrogens (tertiary/aromatic N) is 1. The lowest BCUT2D eigenvalue weighted by Crippen LogP contribution is -2.54. The summed E-state index contributed by atoms with van der Waals surface area (Å²) in [6, 6.07) is 0. The predicted molar refractivity (Wildman–Crippen MR) is 44.1 cm³/mol. The Morgan fingerprint density at radius 3 is 2.17 bits per heavy atom. The van der Waals surface area contributed by atoms with E-state index in [1.54, 1.807) is 19.0 Å². The summed E-state index contributed by atoms with van der Waals surface area (Å²) in [6.07, 6.45) is 1.16. The summed E-state index contributed by atoms with van der Waals surface area (Å²) in [5.41, 5.74) is -0.696. The molecule has 0 spiro atoms. The average Bonchev–Trinajstić information content (AvgIpc) is 2.05. The van der Waals surface area contributed by atoms with E-state index in [0.29, 0.717) is 26.1 Å². The fourth-order valence-electron chi connectivity index (χ4n) is 1.56. The highest BCUT2D eigenvalue weighted by Crippen LogP contribution is 2.25. The molecule has 1 N–H and O–H groups in total. The van der Waals surface area contributed by atoms with E-state index in [-0.39, 0.29) is 0 Å². The van der Waals surface area contributed by atoms with Gasteiger partial charge < -0.3 is 9.84 Å². The number of carboxylic acids is 1. The Labute approximate surface area is 72.1 Å². The Kier molecular flexibility index (Phi) is 2.69. The van der Waals surface area contributed by atoms with Crippen LogP contribution in [-0.4, -0.2) is 48.8 Å². The van der Waals surface area contributed by atoms with E-state index >= 15 is 0 Å². The highest BCUT2D eigenvalue weighted by molar-refractivity contribution is 5.78. The summed E-state index contributed by atoms with van der Waals surface area (Å²) in [4.78, 5) is 12.8. The van der Waals surface area contributed by atoms with Crippen LogP contribution in [0.2, 0.25) is 0 Å². The second-order valence-corrected chi connectivity index (χ2v) is 3.34. The monoisotopic (exact) mass is 173 g/mol. The van der Waals surface area contributed by atoms with E-state index < -0.39 is 11.5 Å². The summed E-state index contributed by atoms with van der Waals surface area (Å²) in [5.74, 6) is -0.740. The first-order valence-electron chi connectivity index (χ1n) is 4.08. The van der Waals surface area contributed by atoms with Gasteiger partial charge in [0.15, 0.2) is 0 Å². The first kappa shape index (κ1) is 9.48. The van der Waals surface area contributed by atoms with Crippen molar-refractivity contribution in [3.05, 3.63) is 0 Å². The molecule has 0 unspecified atom stereocenters. The molecule has 1 fully saturated rings. The molecular weight excluding hydrogens is 158 g/mol. The van der Waals surface area contributed by atoms with Crippen LogP contribution >= 0.6 is 0 Å². The molecule has 1 aliphatic heterocycles. The zero-order valence-corrected chi connectivity index (χ0v) is 7.54. The summed E-state index contributed by atoms with van der Waals surface area (Å²) in [6.45, 7) is 1.09. The van der Waals surface area contributed by atoms with Crippen molar-refractivity contribution in [3.8, 4) is 0 Å². The number of aliphatic carboxylic acids is 1. The van der Waals surface area contributed by atoms with Crippen LogP contribution in [0.25, 0.3) is 0 Å². The number of carbonyl (C=O) groups is 1. The summed E-state index contributed by atoms with van der Waals surface area (Å²) < 4.78 is 5.14. The van der Waals surface area contributed by atoms with E-state index in [1.807, 2.05) is 0 Å². The van der Waals surface area contributed by atoms with Gasteiger partial charge in [0, 0.05) is 13.2 Å². The van der Waals surface area contributed by atoms with E-state index in [9.17, 15) is 4.79 Å². The molecular formula is C8H15NO3. The molecule has 0 bridgehead atoms. The first-order chi connectivity index (χ1) is 5.59. The normalized spacial score (nSPS) is 22.6. The molecule has 4 nitrogen and oxygen atoms in total. The molecule has 0 aromatic carbocycles. The van der Waals surface area contributed by atoms with E-state index in [4.69, 9.17) is 9.84 Å². The summed E-state index contributed by atoms with van der Waals surface area (Å²) >= 11 is 0. The van der Waals surface area contributed by atoms with Crippen molar-refractivity contribution >= 4 is 5.97 Å². The van der Waals surface area contributed by atoms with Gasteiger partial charge in [-0.1, -0.05) is 0 Å². The molecule has 1 heterocycles.